The molecule has 1 aliphatic heterocycles. The molecule has 1 aromatic heterocycles. The Morgan fingerprint density at radius 2 is 1.85 bits per heavy atom. The molecule has 0 amide bonds. The zero-order valence-corrected chi connectivity index (χ0v) is 14.9. The second-order valence-electron chi connectivity index (χ2n) is 6.17. The fourth-order valence-electron chi connectivity index (χ4n) is 3.44. The molecule has 0 N–H and O–H groups in total. The van der Waals surface area contributed by atoms with E-state index in [1.54, 1.807) is 44.4 Å². The standard InChI is InChI=1S/C21H18O6/c1-3-25-21(23)19-16(12-8-10-13(24-2)11-9-12)17-18(27-19)14-6-4-5-7-15(14)26-20(17)22/h4-11,16,19H,3H2,1-2H3/t16-,19+/m1/s1. The molecule has 6 heteroatoms. The predicted octanol–water partition coefficient (Wildman–Crippen LogP) is 3.26. The molecule has 2 aromatic carbocycles. The molecule has 0 bridgehead atoms. The SMILES string of the molecule is CCOC(=O)[C@H]1Oc2c(c(=O)oc3ccccc23)[C@H]1c1ccc(OC)cc1. The molecule has 138 valence electrons. The van der Waals surface area contributed by atoms with Gasteiger partial charge in [-0.05, 0) is 36.8 Å². The third-order valence-corrected chi connectivity index (χ3v) is 4.65. The second kappa shape index (κ2) is 6.79. The Labute approximate surface area is 155 Å². The molecule has 6 nitrogen and oxygen atoms in total. The highest BCUT2D eigenvalue weighted by Crippen LogP contribution is 2.44. The maximum atomic E-state index is 12.7. The molecule has 2 atom stereocenters. The summed E-state index contributed by atoms with van der Waals surface area (Å²) in [7, 11) is 1.57. The van der Waals surface area contributed by atoms with E-state index >= 15 is 0 Å². The number of methoxy groups -OCH3 is 1. The summed E-state index contributed by atoms with van der Waals surface area (Å²) in [6.45, 7) is 1.95. The molecule has 0 unspecified atom stereocenters. The van der Waals surface area contributed by atoms with Gasteiger partial charge in [0.05, 0.1) is 30.6 Å². The van der Waals surface area contributed by atoms with Crippen molar-refractivity contribution < 1.29 is 23.4 Å². The van der Waals surface area contributed by atoms with E-state index in [1.165, 1.54) is 0 Å². The van der Waals surface area contributed by atoms with Gasteiger partial charge in [0.25, 0.3) is 0 Å². The second-order valence-corrected chi connectivity index (χ2v) is 6.17. The molecular formula is C21H18O6. The molecule has 0 aliphatic carbocycles. The van der Waals surface area contributed by atoms with Gasteiger partial charge in [-0.15, -0.1) is 0 Å². The van der Waals surface area contributed by atoms with E-state index in [-0.39, 0.29) is 6.61 Å². The van der Waals surface area contributed by atoms with Crippen LogP contribution in [0.15, 0.2) is 57.7 Å². The highest BCUT2D eigenvalue weighted by Gasteiger charge is 2.45. The van der Waals surface area contributed by atoms with Crippen LogP contribution < -0.4 is 15.1 Å². The molecule has 0 saturated heterocycles. The first-order valence-electron chi connectivity index (χ1n) is 8.67. The zero-order valence-electron chi connectivity index (χ0n) is 14.9. The molecule has 3 aromatic rings. The molecule has 0 fully saturated rings. The van der Waals surface area contributed by atoms with Gasteiger partial charge in [-0.25, -0.2) is 9.59 Å². The number of carbonyl (C=O) groups is 1. The Morgan fingerprint density at radius 1 is 1.11 bits per heavy atom. The van der Waals surface area contributed by atoms with Crippen LogP contribution in [0.4, 0.5) is 0 Å². The zero-order chi connectivity index (χ0) is 19.0. The highest BCUT2D eigenvalue weighted by atomic mass is 16.6. The first-order valence-corrected chi connectivity index (χ1v) is 8.67. The lowest BCUT2D eigenvalue weighted by Crippen LogP contribution is -2.32. The van der Waals surface area contributed by atoms with Crippen molar-refractivity contribution in [2.45, 2.75) is 18.9 Å². The molecule has 27 heavy (non-hydrogen) atoms. The molecule has 4 rings (SSSR count). The van der Waals surface area contributed by atoms with Gasteiger partial charge < -0.3 is 18.6 Å². The molecule has 0 saturated carbocycles. The highest BCUT2D eigenvalue weighted by molar-refractivity contribution is 5.88. The van der Waals surface area contributed by atoms with Gasteiger partial charge in [-0.3, -0.25) is 0 Å². The Bertz CT molecular complexity index is 1050. The minimum Gasteiger partial charge on any atom is -0.497 e. The van der Waals surface area contributed by atoms with E-state index in [9.17, 15) is 9.59 Å². The Hall–Kier alpha value is -3.28. The maximum absolute atomic E-state index is 12.7. The van der Waals surface area contributed by atoms with Crippen LogP contribution in [0.2, 0.25) is 0 Å². The molecule has 2 heterocycles. The van der Waals surface area contributed by atoms with Gasteiger partial charge in [-0.2, -0.15) is 0 Å². The van der Waals surface area contributed by atoms with Crippen molar-refractivity contribution in [2.24, 2.45) is 0 Å². The third kappa shape index (κ3) is 2.83. The van der Waals surface area contributed by atoms with Crippen LogP contribution >= 0.6 is 0 Å². The van der Waals surface area contributed by atoms with Crippen LogP contribution in [-0.4, -0.2) is 25.8 Å². The number of ether oxygens (including phenoxy) is 3. The van der Waals surface area contributed by atoms with E-state index in [1.807, 2.05) is 18.2 Å². The van der Waals surface area contributed by atoms with E-state index in [2.05, 4.69) is 0 Å². The Morgan fingerprint density at radius 3 is 2.56 bits per heavy atom. The van der Waals surface area contributed by atoms with Gasteiger partial charge in [0, 0.05) is 0 Å². The Kier molecular flexibility index (Phi) is 4.32. The van der Waals surface area contributed by atoms with Gasteiger partial charge in [-0.1, -0.05) is 24.3 Å². The minimum absolute atomic E-state index is 0.222. The number of fused-ring (bicyclic) bond motifs is 3. The average Bonchev–Trinajstić information content (AvgIpc) is 3.10. The summed E-state index contributed by atoms with van der Waals surface area (Å²) in [5.41, 5.74) is 0.975. The monoisotopic (exact) mass is 366 g/mol. The summed E-state index contributed by atoms with van der Waals surface area (Å²) in [4.78, 5) is 25.3. The van der Waals surface area contributed by atoms with Crippen molar-refractivity contribution in [3.05, 3.63) is 70.1 Å². The smallest absolute Gasteiger partial charge is 0.348 e. The van der Waals surface area contributed by atoms with Crippen molar-refractivity contribution in [3.8, 4) is 11.5 Å². The lowest BCUT2D eigenvalue weighted by atomic mass is 9.88. The lowest BCUT2D eigenvalue weighted by Gasteiger charge is -2.17. The fraction of sp³-hybridized carbons (Fsp3) is 0.238. The quantitative estimate of drug-likeness (QED) is 0.521. The van der Waals surface area contributed by atoms with Gasteiger partial charge in [0.1, 0.15) is 17.1 Å². The van der Waals surface area contributed by atoms with Crippen LogP contribution in [0.3, 0.4) is 0 Å². The van der Waals surface area contributed by atoms with E-state index in [0.717, 1.165) is 5.56 Å². The van der Waals surface area contributed by atoms with Crippen LogP contribution in [0, 0.1) is 0 Å². The molecular weight excluding hydrogens is 348 g/mol. The summed E-state index contributed by atoms with van der Waals surface area (Å²) in [6, 6.07) is 14.3. The number of benzene rings is 2. The maximum Gasteiger partial charge on any atom is 0.348 e. The lowest BCUT2D eigenvalue weighted by molar-refractivity contribution is -0.151. The predicted molar refractivity (Wildman–Crippen MR) is 98.4 cm³/mol. The number of para-hydroxylation sites is 1. The van der Waals surface area contributed by atoms with Crippen molar-refractivity contribution in [3.63, 3.8) is 0 Å². The number of hydrogen-bond acceptors (Lipinski definition) is 6. The van der Waals surface area contributed by atoms with Gasteiger partial charge in [0.15, 0.2) is 0 Å². The van der Waals surface area contributed by atoms with Crippen molar-refractivity contribution in [1.82, 2.24) is 0 Å². The van der Waals surface area contributed by atoms with Gasteiger partial charge in [0.2, 0.25) is 6.10 Å². The minimum atomic E-state index is -0.956. The molecule has 1 aliphatic rings. The number of hydrogen-bond donors (Lipinski definition) is 0. The van der Waals surface area contributed by atoms with E-state index in [4.69, 9.17) is 18.6 Å². The average molecular weight is 366 g/mol. The normalized spacial score (nSPS) is 18.0. The first-order chi connectivity index (χ1) is 13.1. The van der Waals surface area contributed by atoms with E-state index in [0.29, 0.717) is 28.0 Å². The molecule has 0 radical (unpaired) electrons. The van der Waals surface area contributed by atoms with Gasteiger partial charge >= 0.3 is 11.6 Å². The Balaban J connectivity index is 1.92. The number of rotatable bonds is 4. The summed E-state index contributed by atoms with van der Waals surface area (Å²) >= 11 is 0. The molecule has 0 spiro atoms. The number of carbonyl (C=O) groups excluding carboxylic acids is 1. The summed E-state index contributed by atoms with van der Waals surface area (Å²) < 4.78 is 21.8. The summed E-state index contributed by atoms with van der Waals surface area (Å²) in [5.74, 6) is -0.0827. The van der Waals surface area contributed by atoms with E-state index < -0.39 is 23.6 Å². The third-order valence-electron chi connectivity index (χ3n) is 4.65. The van der Waals surface area contributed by atoms with Crippen LogP contribution in [0.5, 0.6) is 11.5 Å². The van der Waals surface area contributed by atoms with Crippen LogP contribution in [0.25, 0.3) is 11.0 Å². The van der Waals surface area contributed by atoms with Crippen molar-refractivity contribution in [2.75, 3.05) is 13.7 Å². The van der Waals surface area contributed by atoms with Crippen molar-refractivity contribution in [1.29, 1.82) is 0 Å². The first kappa shape index (κ1) is 17.1. The fourth-order valence-corrected chi connectivity index (χ4v) is 3.44. The van der Waals surface area contributed by atoms with Crippen LogP contribution in [0.1, 0.15) is 24.0 Å². The topological polar surface area (TPSA) is 75.0 Å². The summed E-state index contributed by atoms with van der Waals surface area (Å²) in [6.07, 6.45) is -0.956. The van der Waals surface area contributed by atoms with Crippen molar-refractivity contribution >= 4 is 16.9 Å². The largest absolute Gasteiger partial charge is 0.497 e. The van der Waals surface area contributed by atoms with Crippen LogP contribution in [-0.2, 0) is 9.53 Å². The number of esters is 1. The summed E-state index contributed by atoms with van der Waals surface area (Å²) in [5, 5.41) is 0.650.